The van der Waals surface area contributed by atoms with Gasteiger partial charge in [0.1, 0.15) is 11.6 Å². The van der Waals surface area contributed by atoms with Gasteiger partial charge in [-0.2, -0.15) is 10.2 Å². The Morgan fingerprint density at radius 1 is 1.14 bits per heavy atom. The first-order valence-electron chi connectivity index (χ1n) is 13.2. The Balaban J connectivity index is 1.72. The summed E-state index contributed by atoms with van der Waals surface area (Å²) in [5.74, 6) is -1.23. The van der Waals surface area contributed by atoms with E-state index in [-0.39, 0.29) is 16.7 Å². The number of hydrogen-bond acceptors (Lipinski definition) is 2. The molecule has 2 aliphatic rings. The fourth-order valence-electron chi connectivity index (χ4n) is 5.47. The third-order valence-corrected chi connectivity index (χ3v) is 8.84. The van der Waals surface area contributed by atoms with Crippen LogP contribution in [0.2, 0.25) is 0 Å². The maximum absolute atomic E-state index is 14.6. The highest BCUT2D eigenvalue weighted by Crippen LogP contribution is 2.47. The zero-order valence-electron chi connectivity index (χ0n) is 22.2. The van der Waals surface area contributed by atoms with Gasteiger partial charge in [-0.15, -0.1) is 8.86 Å². The number of allylic oxidation sites excluding steroid dienone is 3. The molecule has 6 heteroatoms. The first-order chi connectivity index (χ1) is 16.6. The average molecular weight is 502 g/mol. The van der Waals surface area contributed by atoms with Gasteiger partial charge in [0.2, 0.25) is 0 Å². The minimum Gasteiger partial charge on any atom is -0.273 e. The molecule has 1 aliphatic carbocycles. The van der Waals surface area contributed by atoms with Crippen molar-refractivity contribution in [2.75, 3.05) is 19.6 Å². The lowest BCUT2D eigenvalue weighted by Crippen LogP contribution is -2.59. The van der Waals surface area contributed by atoms with Gasteiger partial charge < -0.3 is 0 Å². The highest BCUT2D eigenvalue weighted by atomic mass is 31.0. The van der Waals surface area contributed by atoms with E-state index < -0.39 is 11.6 Å². The molecule has 1 saturated heterocycles. The molecule has 0 unspecified atom stereocenters. The van der Waals surface area contributed by atoms with Crippen molar-refractivity contribution in [2.24, 2.45) is 21.1 Å². The van der Waals surface area contributed by atoms with E-state index in [4.69, 9.17) is 0 Å². The molecule has 192 valence electrons. The molecule has 0 amide bonds. The molecular formula is C29H42F2N3P. The summed E-state index contributed by atoms with van der Waals surface area (Å²) in [5.41, 5.74) is 4.33. The first kappa shape index (κ1) is 27.9. The minimum absolute atomic E-state index is 0.0362. The highest BCUT2D eigenvalue weighted by molar-refractivity contribution is 7.21. The number of azo groups is 1. The highest BCUT2D eigenvalue weighted by Gasteiger charge is 2.47. The molecule has 35 heavy (non-hydrogen) atoms. The molecule has 0 radical (unpaired) electrons. The van der Waals surface area contributed by atoms with Crippen LogP contribution < -0.4 is 0 Å². The molecular weight excluding hydrogens is 459 g/mol. The van der Waals surface area contributed by atoms with Crippen LogP contribution in [-0.2, 0) is 0 Å². The van der Waals surface area contributed by atoms with Crippen LogP contribution in [0.4, 0.5) is 8.78 Å². The Morgan fingerprint density at radius 2 is 1.77 bits per heavy atom. The Hall–Kier alpha value is -1.71. The van der Waals surface area contributed by atoms with E-state index in [0.717, 1.165) is 31.3 Å². The van der Waals surface area contributed by atoms with Crippen molar-refractivity contribution >= 4 is 20.0 Å². The van der Waals surface area contributed by atoms with Crippen LogP contribution in [0.3, 0.4) is 0 Å². The number of hydrogen-bond donors (Lipinski definition) is 0. The van der Waals surface area contributed by atoms with Gasteiger partial charge in [0, 0.05) is 23.9 Å². The molecule has 3 nitrogen and oxygen atoms in total. The molecule has 0 bridgehead atoms. The summed E-state index contributed by atoms with van der Waals surface area (Å²) >= 11 is 0. The smallest absolute Gasteiger partial charge is 0.135 e. The van der Waals surface area contributed by atoms with Crippen molar-refractivity contribution in [2.45, 2.75) is 86.0 Å². The van der Waals surface area contributed by atoms with Gasteiger partial charge in [-0.1, -0.05) is 45.3 Å². The van der Waals surface area contributed by atoms with Gasteiger partial charge in [-0.25, -0.2) is 8.78 Å². The van der Waals surface area contributed by atoms with E-state index in [2.05, 4.69) is 51.7 Å². The third-order valence-electron chi connectivity index (χ3n) is 7.85. The van der Waals surface area contributed by atoms with E-state index in [9.17, 15) is 8.78 Å². The van der Waals surface area contributed by atoms with Gasteiger partial charge >= 0.3 is 0 Å². The van der Waals surface area contributed by atoms with Crippen molar-refractivity contribution in [1.29, 1.82) is 0 Å². The van der Waals surface area contributed by atoms with E-state index in [0.29, 0.717) is 12.0 Å². The predicted molar refractivity (Wildman–Crippen MR) is 146 cm³/mol. The third kappa shape index (κ3) is 6.74. The van der Waals surface area contributed by atoms with Gasteiger partial charge in [-0.3, -0.25) is 4.90 Å². The van der Waals surface area contributed by atoms with Crippen LogP contribution in [0, 0.1) is 22.5 Å². The molecule has 1 aliphatic heterocycles. The Bertz CT molecular complexity index is 975. The van der Waals surface area contributed by atoms with Crippen LogP contribution in [0.1, 0.15) is 91.5 Å². The summed E-state index contributed by atoms with van der Waals surface area (Å²) in [7, 11) is 4.00. The summed E-state index contributed by atoms with van der Waals surface area (Å²) in [6.07, 6.45) is 11.0. The lowest BCUT2D eigenvalue weighted by atomic mass is 9.76. The second-order valence-corrected chi connectivity index (χ2v) is 11.5. The molecule has 0 N–H and O–H groups in total. The summed E-state index contributed by atoms with van der Waals surface area (Å²) in [4.78, 5) is 2.51. The fraction of sp³-hybridized carbons (Fsp3) is 0.621. The number of halogens is 2. The molecule has 0 atom stereocenters. The molecule has 2 fully saturated rings. The van der Waals surface area contributed by atoms with E-state index >= 15 is 0 Å². The number of benzene rings is 1. The predicted octanol–water partition coefficient (Wildman–Crippen LogP) is 8.85. The van der Waals surface area contributed by atoms with Crippen LogP contribution >= 0.6 is 8.86 Å². The largest absolute Gasteiger partial charge is 0.273 e. The van der Waals surface area contributed by atoms with Gasteiger partial charge in [0.25, 0.3) is 0 Å². The number of likely N-dealkylation sites (tertiary alicyclic amines) is 1. The molecule has 1 heterocycles. The SMILES string of the molecule is CCN=N/C(=C\C(CCCC(C)(C)C(=P)N1CC2(CCCC2)C1)=C(/C)CC)c1c(F)cccc1F. The Kier molecular flexibility index (Phi) is 9.57. The zero-order valence-corrected chi connectivity index (χ0v) is 23.2. The summed E-state index contributed by atoms with van der Waals surface area (Å²) in [6.45, 7) is 13.5. The van der Waals surface area contributed by atoms with Crippen LogP contribution in [0.25, 0.3) is 5.70 Å². The van der Waals surface area contributed by atoms with Gasteiger partial charge in [0.05, 0.1) is 17.8 Å². The number of rotatable bonds is 11. The molecule has 1 spiro atoms. The Labute approximate surface area is 213 Å². The molecule has 1 aromatic rings. The van der Waals surface area contributed by atoms with E-state index in [1.54, 1.807) is 0 Å². The normalized spacial score (nSPS) is 19.3. The van der Waals surface area contributed by atoms with Crippen LogP contribution in [-0.4, -0.2) is 30.0 Å². The summed E-state index contributed by atoms with van der Waals surface area (Å²) < 4.78 is 29.1. The van der Waals surface area contributed by atoms with E-state index in [1.807, 2.05) is 13.0 Å². The minimum atomic E-state index is -0.617. The second kappa shape index (κ2) is 12.0. The monoisotopic (exact) mass is 501 g/mol. The summed E-state index contributed by atoms with van der Waals surface area (Å²) in [5, 5.41) is 8.27. The summed E-state index contributed by atoms with van der Waals surface area (Å²) in [6, 6.07) is 3.91. The fourth-order valence-corrected chi connectivity index (χ4v) is 5.75. The molecule has 1 aromatic carbocycles. The van der Waals surface area contributed by atoms with Crippen molar-refractivity contribution in [3.8, 4) is 0 Å². The number of nitrogens with zero attached hydrogens (tertiary/aromatic N) is 3. The lowest BCUT2D eigenvalue weighted by molar-refractivity contribution is 0.0599. The van der Waals surface area contributed by atoms with Crippen molar-refractivity contribution in [3.63, 3.8) is 0 Å². The maximum Gasteiger partial charge on any atom is 0.135 e. The van der Waals surface area contributed by atoms with Gasteiger partial charge in [-0.05, 0) is 81.6 Å². The standard InChI is InChI=1S/C29H42F2N3P/c1-6-21(3)22(18-25(33-32-7-2)26-23(30)13-10-14-24(26)31)12-11-15-28(4,5)27(35)34-19-29(20-34)16-8-9-17-29/h10,13-14,18,35H,6-9,11-12,15-17,19-20H2,1-5H3/b22-21+,25-18-,33-32?. The first-order valence-corrected chi connectivity index (χ1v) is 13.7. The van der Waals surface area contributed by atoms with Crippen molar-refractivity contribution in [1.82, 2.24) is 4.90 Å². The van der Waals surface area contributed by atoms with E-state index in [1.165, 1.54) is 68.0 Å². The lowest BCUT2D eigenvalue weighted by Gasteiger charge is -2.51. The second-order valence-electron chi connectivity index (χ2n) is 11.0. The zero-order chi connectivity index (χ0) is 25.6. The average Bonchev–Trinajstić information content (AvgIpc) is 3.29. The topological polar surface area (TPSA) is 28.0 Å². The molecule has 0 aromatic heterocycles. The molecule has 1 saturated carbocycles. The quantitative estimate of drug-likeness (QED) is 0.169. The van der Waals surface area contributed by atoms with Crippen LogP contribution in [0.15, 0.2) is 45.6 Å². The van der Waals surface area contributed by atoms with Crippen LogP contribution in [0.5, 0.6) is 0 Å². The Morgan fingerprint density at radius 3 is 2.34 bits per heavy atom. The van der Waals surface area contributed by atoms with Gasteiger partial charge in [0.15, 0.2) is 0 Å². The molecule has 3 rings (SSSR count). The maximum atomic E-state index is 14.6. The van der Waals surface area contributed by atoms with Crippen molar-refractivity contribution < 1.29 is 8.78 Å². The van der Waals surface area contributed by atoms with Crippen molar-refractivity contribution in [3.05, 3.63) is 52.6 Å².